The smallest absolute Gasteiger partial charge is 0.0143 e. The van der Waals surface area contributed by atoms with Crippen LogP contribution in [0.4, 0.5) is 0 Å². The van der Waals surface area contributed by atoms with Crippen molar-refractivity contribution in [1.82, 2.24) is 0 Å². The van der Waals surface area contributed by atoms with E-state index in [1.807, 2.05) is 0 Å². The van der Waals surface area contributed by atoms with Crippen molar-refractivity contribution in [2.45, 2.75) is 120 Å². The Kier molecular flexibility index (Phi) is 11.7. The van der Waals surface area contributed by atoms with Crippen LogP contribution in [0.25, 0.3) is 0 Å². The zero-order valence-corrected chi connectivity index (χ0v) is 21.5. The Morgan fingerprint density at radius 2 is 1.13 bits per heavy atom. The van der Waals surface area contributed by atoms with E-state index in [0.29, 0.717) is 10.8 Å². The summed E-state index contributed by atoms with van der Waals surface area (Å²) in [5.74, 6) is 0. The first-order chi connectivity index (χ1) is 14.0. The highest BCUT2D eigenvalue weighted by Crippen LogP contribution is 2.42. The summed E-state index contributed by atoms with van der Waals surface area (Å²) in [7, 11) is 0. The van der Waals surface area contributed by atoms with E-state index < -0.39 is 0 Å². The van der Waals surface area contributed by atoms with E-state index in [1.54, 1.807) is 5.57 Å². The molecule has 0 spiro atoms. The highest BCUT2D eigenvalue weighted by Gasteiger charge is 2.29. The van der Waals surface area contributed by atoms with Crippen LogP contribution in [0.5, 0.6) is 0 Å². The molecule has 0 radical (unpaired) electrons. The second kappa shape index (κ2) is 13.2. The van der Waals surface area contributed by atoms with Crippen LogP contribution in [-0.2, 0) is 0 Å². The molecule has 0 nitrogen and oxygen atoms in total. The summed E-state index contributed by atoms with van der Waals surface area (Å²) in [6.45, 7) is 18.4. The molecule has 0 fully saturated rings. The minimum atomic E-state index is 0.397. The molecule has 0 saturated heterocycles. The van der Waals surface area contributed by atoms with Gasteiger partial charge in [0.2, 0.25) is 0 Å². The third-order valence-electron chi connectivity index (χ3n) is 6.64. The molecule has 170 valence electrons. The molecule has 1 aliphatic rings. The van der Waals surface area contributed by atoms with Gasteiger partial charge in [-0.2, -0.15) is 0 Å². The maximum absolute atomic E-state index is 2.49. The highest BCUT2D eigenvalue weighted by molar-refractivity contribution is 5.11. The Hall–Kier alpha value is -1.30. The minimum absolute atomic E-state index is 0.397. The summed E-state index contributed by atoms with van der Waals surface area (Å²) in [6, 6.07) is 0. The van der Waals surface area contributed by atoms with Crippen LogP contribution in [0.3, 0.4) is 0 Å². The maximum atomic E-state index is 2.49. The molecular weight excluding hydrogens is 360 g/mol. The van der Waals surface area contributed by atoms with Crippen LogP contribution in [-0.4, -0.2) is 0 Å². The third-order valence-corrected chi connectivity index (χ3v) is 6.64. The molecule has 1 rings (SSSR count). The standard InChI is InChI=1S/C30H50/c1-25(2)13-11-16-27(4)18-12-17-26(3)14-9-10-15-28(5)19-20-30(8)23-21-29(6,7)22-24-30/h13-15,18,21,23H,9-12,16-17,19-20,22,24H2,1-8H3/b26-14+,27-18+,28-15+. The lowest BCUT2D eigenvalue weighted by Gasteiger charge is -2.36. The van der Waals surface area contributed by atoms with Gasteiger partial charge in [-0.05, 0) is 110 Å². The lowest BCUT2D eigenvalue weighted by Crippen LogP contribution is -2.23. The van der Waals surface area contributed by atoms with Gasteiger partial charge >= 0.3 is 0 Å². The van der Waals surface area contributed by atoms with Crippen molar-refractivity contribution >= 4 is 0 Å². The van der Waals surface area contributed by atoms with Crippen molar-refractivity contribution in [2.75, 3.05) is 0 Å². The van der Waals surface area contributed by atoms with Crippen LogP contribution >= 0.6 is 0 Å². The molecule has 0 N–H and O–H groups in total. The zero-order chi connectivity index (χ0) is 22.6. The van der Waals surface area contributed by atoms with E-state index >= 15 is 0 Å². The molecule has 0 heterocycles. The molecule has 0 bridgehead atoms. The fourth-order valence-corrected chi connectivity index (χ4v) is 3.99. The van der Waals surface area contributed by atoms with E-state index in [9.17, 15) is 0 Å². The van der Waals surface area contributed by atoms with Crippen LogP contribution in [0.2, 0.25) is 0 Å². The molecule has 0 heteroatoms. The number of unbranched alkanes of at least 4 members (excludes halogenated alkanes) is 1. The van der Waals surface area contributed by atoms with E-state index in [-0.39, 0.29) is 0 Å². The Bertz CT molecular complexity index is 658. The summed E-state index contributed by atoms with van der Waals surface area (Å²) >= 11 is 0. The van der Waals surface area contributed by atoms with Gasteiger partial charge in [-0.25, -0.2) is 0 Å². The molecular formula is C30H50. The van der Waals surface area contributed by atoms with Gasteiger partial charge in [-0.3, -0.25) is 0 Å². The Morgan fingerprint density at radius 3 is 1.63 bits per heavy atom. The Balaban J connectivity index is 2.27. The first-order valence-electron chi connectivity index (χ1n) is 12.3. The Labute approximate surface area is 189 Å². The van der Waals surface area contributed by atoms with Crippen LogP contribution in [0, 0.1) is 10.8 Å². The lowest BCUT2D eigenvalue weighted by molar-refractivity contribution is 0.264. The van der Waals surface area contributed by atoms with Crippen molar-refractivity contribution < 1.29 is 0 Å². The molecule has 0 aliphatic heterocycles. The van der Waals surface area contributed by atoms with Gasteiger partial charge in [0, 0.05) is 0 Å². The first kappa shape index (κ1) is 26.7. The van der Waals surface area contributed by atoms with Gasteiger partial charge in [0.15, 0.2) is 0 Å². The molecule has 0 aromatic rings. The van der Waals surface area contributed by atoms with Crippen molar-refractivity contribution in [3.8, 4) is 0 Å². The largest absolute Gasteiger partial charge is 0.0856 e. The fourth-order valence-electron chi connectivity index (χ4n) is 3.99. The zero-order valence-electron chi connectivity index (χ0n) is 21.5. The molecule has 0 aromatic heterocycles. The minimum Gasteiger partial charge on any atom is -0.0856 e. The molecule has 1 aliphatic carbocycles. The molecule has 1 unspecified atom stereocenters. The van der Waals surface area contributed by atoms with Gasteiger partial charge in [0.1, 0.15) is 0 Å². The number of rotatable bonds is 12. The highest BCUT2D eigenvalue weighted by atomic mass is 14.3. The van der Waals surface area contributed by atoms with E-state index in [2.05, 4.69) is 91.8 Å². The van der Waals surface area contributed by atoms with E-state index in [0.717, 1.165) is 0 Å². The van der Waals surface area contributed by atoms with E-state index in [1.165, 1.54) is 80.9 Å². The van der Waals surface area contributed by atoms with Gasteiger partial charge in [-0.15, -0.1) is 0 Å². The van der Waals surface area contributed by atoms with Gasteiger partial charge < -0.3 is 0 Å². The van der Waals surface area contributed by atoms with Crippen molar-refractivity contribution in [3.05, 3.63) is 58.7 Å². The summed E-state index contributed by atoms with van der Waals surface area (Å²) in [4.78, 5) is 0. The summed E-state index contributed by atoms with van der Waals surface area (Å²) in [5, 5.41) is 0. The average molecular weight is 411 g/mol. The summed E-state index contributed by atoms with van der Waals surface area (Å²) < 4.78 is 0. The lowest BCUT2D eigenvalue weighted by atomic mass is 9.69. The quantitative estimate of drug-likeness (QED) is 0.222. The number of allylic oxidation sites excluding steroid dienone is 10. The normalized spacial score (nSPS) is 22.3. The Morgan fingerprint density at radius 1 is 0.633 bits per heavy atom. The predicted molar refractivity (Wildman–Crippen MR) is 138 cm³/mol. The van der Waals surface area contributed by atoms with E-state index in [4.69, 9.17) is 0 Å². The number of hydrogen-bond acceptors (Lipinski definition) is 0. The average Bonchev–Trinajstić information content (AvgIpc) is 2.66. The first-order valence-corrected chi connectivity index (χ1v) is 12.3. The molecule has 1 atom stereocenters. The van der Waals surface area contributed by atoms with Crippen molar-refractivity contribution in [3.63, 3.8) is 0 Å². The van der Waals surface area contributed by atoms with Crippen LogP contribution in [0.1, 0.15) is 120 Å². The molecule has 30 heavy (non-hydrogen) atoms. The van der Waals surface area contributed by atoms with Gasteiger partial charge in [0.25, 0.3) is 0 Å². The van der Waals surface area contributed by atoms with Crippen LogP contribution in [0.15, 0.2) is 58.7 Å². The maximum Gasteiger partial charge on any atom is -0.0143 e. The summed E-state index contributed by atoms with van der Waals surface area (Å²) in [5.41, 5.74) is 6.86. The van der Waals surface area contributed by atoms with Crippen LogP contribution < -0.4 is 0 Å². The second-order valence-electron chi connectivity index (χ2n) is 11.1. The second-order valence-corrected chi connectivity index (χ2v) is 11.1. The van der Waals surface area contributed by atoms with Crippen molar-refractivity contribution in [1.29, 1.82) is 0 Å². The fraction of sp³-hybridized carbons (Fsp3) is 0.667. The topological polar surface area (TPSA) is 0 Å². The van der Waals surface area contributed by atoms with Crippen molar-refractivity contribution in [2.24, 2.45) is 10.8 Å². The molecule has 0 saturated carbocycles. The number of hydrogen-bond donors (Lipinski definition) is 0. The molecule has 0 amide bonds. The van der Waals surface area contributed by atoms with Gasteiger partial charge in [-0.1, -0.05) is 79.5 Å². The SMILES string of the molecule is CC(C)=CCC/C(C)=C/CC/C(C)=C/CC/C=C(\C)CCC1(C)C=CC(C)(C)CC1. The molecule has 0 aromatic carbocycles. The monoisotopic (exact) mass is 410 g/mol. The predicted octanol–water partition coefficient (Wildman–Crippen LogP) is 10.3. The summed E-state index contributed by atoms with van der Waals surface area (Å²) in [6.07, 6.45) is 26.9. The third kappa shape index (κ3) is 12.4. The van der Waals surface area contributed by atoms with Gasteiger partial charge in [0.05, 0.1) is 0 Å².